The molecule has 0 saturated heterocycles. The molecular weight excluding hydrogens is 248 g/mol. The first kappa shape index (κ1) is 12.7. The second-order valence-electron chi connectivity index (χ2n) is 4.04. The maximum absolute atomic E-state index is 12.2. The van der Waals surface area contributed by atoms with Gasteiger partial charge in [-0.3, -0.25) is 4.79 Å². The Bertz CT molecular complexity index is 591. The first-order chi connectivity index (χ1) is 8.61. The van der Waals surface area contributed by atoms with Gasteiger partial charge in [-0.15, -0.1) is 0 Å². The fraction of sp³-hybridized carbons (Fsp3) is 0.133. The molecule has 2 nitrogen and oxygen atoms in total. The number of carbonyl (C=O) groups is 1. The van der Waals surface area contributed by atoms with Crippen LogP contribution in [0.15, 0.2) is 42.5 Å². The molecule has 92 valence electrons. The summed E-state index contributed by atoms with van der Waals surface area (Å²) in [6.07, 6.45) is 0.819. The zero-order valence-corrected chi connectivity index (χ0v) is 10.7. The van der Waals surface area contributed by atoms with Gasteiger partial charge in [-0.25, -0.2) is 0 Å². The molecule has 0 heterocycles. The van der Waals surface area contributed by atoms with E-state index in [4.69, 9.17) is 11.6 Å². The van der Waals surface area contributed by atoms with Gasteiger partial charge in [0.15, 0.2) is 5.78 Å². The highest BCUT2D eigenvalue weighted by atomic mass is 35.5. The average molecular weight is 261 g/mol. The molecule has 0 saturated carbocycles. The summed E-state index contributed by atoms with van der Waals surface area (Å²) < 4.78 is 0. The van der Waals surface area contributed by atoms with Gasteiger partial charge in [-0.2, -0.15) is 0 Å². The van der Waals surface area contributed by atoms with E-state index < -0.39 is 0 Å². The molecule has 2 rings (SSSR count). The van der Waals surface area contributed by atoms with E-state index in [-0.39, 0.29) is 11.5 Å². The summed E-state index contributed by atoms with van der Waals surface area (Å²) in [6.45, 7) is 1.99. The van der Waals surface area contributed by atoms with Gasteiger partial charge in [-0.05, 0) is 36.2 Å². The Hall–Kier alpha value is -1.80. The summed E-state index contributed by atoms with van der Waals surface area (Å²) in [7, 11) is 0. The van der Waals surface area contributed by atoms with Crippen LogP contribution < -0.4 is 0 Å². The largest absolute Gasteiger partial charge is 0.507 e. The number of phenolic OH excluding ortho intramolecular Hbond substituents is 1. The lowest BCUT2D eigenvalue weighted by Crippen LogP contribution is -2.02. The summed E-state index contributed by atoms with van der Waals surface area (Å²) in [5.74, 6) is -0.211. The summed E-state index contributed by atoms with van der Waals surface area (Å²) in [6, 6.07) is 11.8. The first-order valence-corrected chi connectivity index (χ1v) is 6.11. The van der Waals surface area contributed by atoms with Crippen molar-refractivity contribution < 1.29 is 9.90 Å². The second-order valence-corrected chi connectivity index (χ2v) is 4.48. The van der Waals surface area contributed by atoms with Crippen molar-refractivity contribution in [3.8, 4) is 5.75 Å². The molecule has 2 aromatic carbocycles. The number of carbonyl (C=O) groups excluding carboxylic acids is 1. The minimum Gasteiger partial charge on any atom is -0.507 e. The van der Waals surface area contributed by atoms with E-state index in [1.807, 2.05) is 13.0 Å². The van der Waals surface area contributed by atoms with E-state index in [0.717, 1.165) is 12.0 Å². The van der Waals surface area contributed by atoms with Crippen molar-refractivity contribution in [2.24, 2.45) is 0 Å². The molecule has 0 bridgehead atoms. The van der Waals surface area contributed by atoms with Gasteiger partial charge in [-0.1, -0.05) is 36.7 Å². The van der Waals surface area contributed by atoms with Crippen LogP contribution in [0.1, 0.15) is 28.4 Å². The number of hydrogen-bond acceptors (Lipinski definition) is 2. The predicted molar refractivity (Wildman–Crippen MR) is 72.4 cm³/mol. The minimum absolute atomic E-state index is 0.0133. The summed E-state index contributed by atoms with van der Waals surface area (Å²) in [5, 5.41) is 10.4. The van der Waals surface area contributed by atoms with Gasteiger partial charge in [0, 0.05) is 10.6 Å². The zero-order chi connectivity index (χ0) is 13.1. The highest BCUT2D eigenvalue weighted by Crippen LogP contribution is 2.23. The summed E-state index contributed by atoms with van der Waals surface area (Å²) in [5.41, 5.74) is 1.77. The fourth-order valence-corrected chi connectivity index (χ4v) is 1.96. The van der Waals surface area contributed by atoms with Crippen LogP contribution in [0, 0.1) is 0 Å². The van der Waals surface area contributed by atoms with Gasteiger partial charge in [0.2, 0.25) is 0 Å². The lowest BCUT2D eigenvalue weighted by Gasteiger charge is -2.06. The van der Waals surface area contributed by atoms with Gasteiger partial charge in [0.25, 0.3) is 0 Å². The van der Waals surface area contributed by atoms with E-state index in [9.17, 15) is 9.90 Å². The topological polar surface area (TPSA) is 37.3 Å². The van der Waals surface area contributed by atoms with E-state index >= 15 is 0 Å². The molecule has 1 N–H and O–H groups in total. The number of ketones is 1. The van der Waals surface area contributed by atoms with Gasteiger partial charge in [0.1, 0.15) is 5.75 Å². The fourth-order valence-electron chi connectivity index (χ4n) is 1.77. The molecule has 0 fully saturated rings. The molecule has 0 spiro atoms. The molecule has 3 heteroatoms. The molecule has 0 aliphatic heterocycles. The van der Waals surface area contributed by atoms with Gasteiger partial charge in [0.05, 0.1) is 5.56 Å². The summed E-state index contributed by atoms with van der Waals surface area (Å²) >= 11 is 5.85. The second kappa shape index (κ2) is 5.23. The van der Waals surface area contributed by atoms with E-state index in [1.54, 1.807) is 36.4 Å². The monoisotopic (exact) mass is 260 g/mol. The Kier molecular flexibility index (Phi) is 3.68. The van der Waals surface area contributed by atoms with Crippen LogP contribution in [0.25, 0.3) is 0 Å². The highest BCUT2D eigenvalue weighted by Gasteiger charge is 2.13. The van der Waals surface area contributed by atoms with Crippen LogP contribution >= 0.6 is 11.6 Å². The van der Waals surface area contributed by atoms with Gasteiger partial charge >= 0.3 is 0 Å². The third-order valence-electron chi connectivity index (χ3n) is 2.80. The Morgan fingerprint density at radius 2 is 2.00 bits per heavy atom. The third kappa shape index (κ3) is 2.54. The molecule has 2 aromatic rings. The van der Waals surface area contributed by atoms with Crippen molar-refractivity contribution >= 4 is 17.4 Å². The maximum Gasteiger partial charge on any atom is 0.196 e. The van der Waals surface area contributed by atoms with E-state index in [2.05, 4.69) is 0 Å². The Morgan fingerprint density at radius 3 is 2.61 bits per heavy atom. The van der Waals surface area contributed by atoms with Crippen LogP contribution in [-0.2, 0) is 6.42 Å². The number of phenols is 1. The average Bonchev–Trinajstić information content (AvgIpc) is 2.37. The number of benzene rings is 2. The molecule has 18 heavy (non-hydrogen) atoms. The minimum atomic E-state index is -0.224. The number of halogens is 1. The lowest BCUT2D eigenvalue weighted by molar-refractivity contribution is 0.103. The Balaban J connectivity index is 2.40. The van der Waals surface area contributed by atoms with Crippen molar-refractivity contribution in [2.75, 3.05) is 0 Å². The van der Waals surface area contributed by atoms with Crippen LogP contribution in [0.2, 0.25) is 5.02 Å². The smallest absolute Gasteiger partial charge is 0.196 e. The van der Waals surface area contributed by atoms with Crippen molar-refractivity contribution in [2.45, 2.75) is 13.3 Å². The van der Waals surface area contributed by atoms with Crippen LogP contribution in [0.5, 0.6) is 5.75 Å². The van der Waals surface area contributed by atoms with E-state index in [0.29, 0.717) is 16.1 Å². The van der Waals surface area contributed by atoms with Crippen molar-refractivity contribution in [3.63, 3.8) is 0 Å². The number of rotatable bonds is 3. The normalized spacial score (nSPS) is 10.3. The van der Waals surface area contributed by atoms with Crippen LogP contribution in [0.4, 0.5) is 0 Å². The SMILES string of the molecule is CCc1ccc(C(=O)c2cccc(Cl)c2)c(O)c1. The number of aromatic hydroxyl groups is 1. The van der Waals surface area contributed by atoms with Crippen LogP contribution in [-0.4, -0.2) is 10.9 Å². The molecule has 0 aliphatic rings. The van der Waals surface area contributed by atoms with Crippen LogP contribution in [0.3, 0.4) is 0 Å². The number of hydrogen-bond donors (Lipinski definition) is 1. The van der Waals surface area contributed by atoms with Gasteiger partial charge < -0.3 is 5.11 Å². The molecule has 0 amide bonds. The Morgan fingerprint density at radius 1 is 1.22 bits per heavy atom. The molecule has 0 aliphatic carbocycles. The third-order valence-corrected chi connectivity index (χ3v) is 3.04. The van der Waals surface area contributed by atoms with Crippen molar-refractivity contribution in [1.82, 2.24) is 0 Å². The van der Waals surface area contributed by atoms with Crippen molar-refractivity contribution in [1.29, 1.82) is 0 Å². The predicted octanol–water partition coefficient (Wildman–Crippen LogP) is 3.84. The highest BCUT2D eigenvalue weighted by molar-refractivity contribution is 6.31. The Labute approximate surface area is 111 Å². The standard InChI is InChI=1S/C15H13ClO2/c1-2-10-6-7-13(14(17)8-10)15(18)11-4-3-5-12(16)9-11/h3-9,17H,2H2,1H3. The zero-order valence-electron chi connectivity index (χ0n) is 9.98. The quantitative estimate of drug-likeness (QED) is 0.852. The molecule has 0 radical (unpaired) electrons. The lowest BCUT2D eigenvalue weighted by atomic mass is 10.0. The molecule has 0 aromatic heterocycles. The number of aryl methyl sites for hydroxylation is 1. The molecule has 0 unspecified atom stereocenters. The molecule has 0 atom stereocenters. The maximum atomic E-state index is 12.2. The first-order valence-electron chi connectivity index (χ1n) is 5.74. The molecular formula is C15H13ClO2. The van der Waals surface area contributed by atoms with Crippen molar-refractivity contribution in [3.05, 3.63) is 64.2 Å². The van der Waals surface area contributed by atoms with E-state index in [1.165, 1.54) is 0 Å². The summed E-state index contributed by atoms with van der Waals surface area (Å²) in [4.78, 5) is 12.2.